The lowest BCUT2D eigenvalue weighted by atomic mass is 9.96. The third-order valence-corrected chi connectivity index (χ3v) is 6.31. The van der Waals surface area contributed by atoms with Gasteiger partial charge in [0.1, 0.15) is 0 Å². The van der Waals surface area contributed by atoms with Gasteiger partial charge in [0.25, 0.3) is 11.8 Å². The molecule has 0 aliphatic carbocycles. The topological polar surface area (TPSA) is 95.1 Å². The summed E-state index contributed by atoms with van der Waals surface area (Å²) >= 11 is 12.5. The molecule has 0 saturated heterocycles. The molecule has 10 heteroatoms. The lowest BCUT2D eigenvalue weighted by molar-refractivity contribution is -0.180. The number of hydrogen-bond donors (Lipinski definition) is 3. The Kier molecular flexibility index (Phi) is 6.96. The molecule has 0 fully saturated rings. The first-order chi connectivity index (χ1) is 17.9. The molecule has 3 aromatic rings. The van der Waals surface area contributed by atoms with Gasteiger partial charge in [-0.1, -0.05) is 47.5 Å². The maximum absolute atomic E-state index is 13.5. The van der Waals surface area contributed by atoms with Crippen molar-refractivity contribution in [3.05, 3.63) is 112 Å². The summed E-state index contributed by atoms with van der Waals surface area (Å²) in [5.41, 5.74) is 3.14. The van der Waals surface area contributed by atoms with Gasteiger partial charge in [0, 0.05) is 44.3 Å². The fourth-order valence-electron chi connectivity index (χ4n) is 3.98. The molecular formula is C27H21Cl2N5O3. The Hall–Kier alpha value is -4.11. The van der Waals surface area contributed by atoms with E-state index in [1.165, 1.54) is 12.2 Å². The molecule has 5 rings (SSSR count). The molecule has 0 bridgehead atoms. The summed E-state index contributed by atoms with van der Waals surface area (Å²) < 4.78 is 0. The molecule has 1 unspecified atom stereocenters. The number of carbonyl (C=O) groups is 2. The van der Waals surface area contributed by atoms with Crippen LogP contribution in [0.25, 0.3) is 5.57 Å². The summed E-state index contributed by atoms with van der Waals surface area (Å²) in [6.07, 6.45) is 2.76. The van der Waals surface area contributed by atoms with Crippen molar-refractivity contribution in [2.45, 2.75) is 6.17 Å². The maximum Gasteiger partial charge on any atom is 0.280 e. The highest BCUT2D eigenvalue weighted by molar-refractivity contribution is 6.35. The zero-order valence-corrected chi connectivity index (χ0v) is 21.0. The summed E-state index contributed by atoms with van der Waals surface area (Å²) in [5.74, 6) is -0.279. The Labute approximate surface area is 223 Å². The summed E-state index contributed by atoms with van der Waals surface area (Å²) in [4.78, 5) is 36.1. The molecule has 0 aromatic heterocycles. The fourth-order valence-corrected chi connectivity index (χ4v) is 4.39. The van der Waals surface area contributed by atoms with Gasteiger partial charge < -0.3 is 16.0 Å². The average Bonchev–Trinajstić information content (AvgIpc) is 2.90. The van der Waals surface area contributed by atoms with E-state index in [0.717, 1.165) is 5.69 Å². The van der Waals surface area contributed by atoms with Gasteiger partial charge in [-0.25, -0.2) is 4.99 Å². The molecule has 2 aliphatic heterocycles. The minimum atomic E-state index is -0.602. The molecule has 186 valence electrons. The number of hydroxylamine groups is 2. The van der Waals surface area contributed by atoms with Crippen LogP contribution in [0.15, 0.2) is 95.6 Å². The minimum Gasteiger partial charge on any atom is -0.330 e. The van der Waals surface area contributed by atoms with Crippen molar-refractivity contribution in [2.24, 2.45) is 4.99 Å². The molecule has 2 amide bonds. The van der Waals surface area contributed by atoms with Gasteiger partial charge in [-0.2, -0.15) is 5.06 Å². The van der Waals surface area contributed by atoms with Crippen LogP contribution in [0.5, 0.6) is 0 Å². The summed E-state index contributed by atoms with van der Waals surface area (Å²) in [6.45, 7) is 0. The second kappa shape index (κ2) is 10.5. The van der Waals surface area contributed by atoms with Crippen LogP contribution in [-0.4, -0.2) is 36.1 Å². The predicted molar refractivity (Wildman–Crippen MR) is 145 cm³/mol. The van der Waals surface area contributed by atoms with Gasteiger partial charge in [0.2, 0.25) is 5.96 Å². The summed E-state index contributed by atoms with van der Waals surface area (Å²) in [5, 5.41) is 11.2. The highest BCUT2D eigenvalue weighted by Crippen LogP contribution is 2.34. The van der Waals surface area contributed by atoms with Crippen molar-refractivity contribution in [3.8, 4) is 0 Å². The number of nitrogens with zero attached hydrogens (tertiary/aromatic N) is 2. The molecule has 3 N–H and O–H groups in total. The number of anilines is 2. The van der Waals surface area contributed by atoms with Crippen molar-refractivity contribution >= 4 is 57.9 Å². The number of para-hydroxylation sites is 1. The molecule has 2 heterocycles. The molecule has 0 radical (unpaired) electrons. The Morgan fingerprint density at radius 3 is 2.59 bits per heavy atom. The van der Waals surface area contributed by atoms with Crippen LogP contribution < -0.4 is 16.0 Å². The van der Waals surface area contributed by atoms with Crippen LogP contribution >= 0.6 is 23.2 Å². The number of nitrogens with one attached hydrogen (secondary N) is 3. The number of fused-ring (bicyclic) bond motifs is 1. The molecule has 2 aliphatic rings. The monoisotopic (exact) mass is 533 g/mol. The number of amides is 2. The summed E-state index contributed by atoms with van der Waals surface area (Å²) in [7, 11) is 1.42. The van der Waals surface area contributed by atoms with E-state index in [9.17, 15) is 9.59 Å². The minimum absolute atomic E-state index is 0.296. The van der Waals surface area contributed by atoms with Gasteiger partial charge in [-0.15, -0.1) is 0 Å². The van der Waals surface area contributed by atoms with E-state index in [0.29, 0.717) is 44.0 Å². The lowest BCUT2D eigenvalue weighted by Gasteiger charge is -2.37. The van der Waals surface area contributed by atoms with Gasteiger partial charge >= 0.3 is 0 Å². The first-order valence-electron chi connectivity index (χ1n) is 11.3. The Bertz CT molecular complexity index is 1470. The fraction of sp³-hybridized carbons (Fsp3) is 0.0741. The van der Waals surface area contributed by atoms with Crippen LogP contribution in [0.3, 0.4) is 0 Å². The van der Waals surface area contributed by atoms with E-state index < -0.39 is 12.1 Å². The normalized spacial score (nSPS) is 16.6. The zero-order chi connectivity index (χ0) is 25.9. The van der Waals surface area contributed by atoms with Crippen molar-refractivity contribution in [3.63, 3.8) is 0 Å². The number of benzene rings is 3. The molecule has 8 nitrogen and oxygen atoms in total. The first-order valence-corrected chi connectivity index (χ1v) is 12.0. The van der Waals surface area contributed by atoms with E-state index in [-0.39, 0.29) is 5.91 Å². The van der Waals surface area contributed by atoms with E-state index >= 15 is 0 Å². The van der Waals surface area contributed by atoms with Crippen LogP contribution in [0.2, 0.25) is 10.0 Å². The van der Waals surface area contributed by atoms with Gasteiger partial charge in [-0.3, -0.25) is 14.4 Å². The van der Waals surface area contributed by atoms with Gasteiger partial charge in [0.05, 0.1) is 12.7 Å². The quantitative estimate of drug-likeness (QED) is 0.412. The lowest BCUT2D eigenvalue weighted by Crippen LogP contribution is -2.55. The molecule has 0 saturated carbocycles. The van der Waals surface area contributed by atoms with Crippen molar-refractivity contribution in [2.75, 3.05) is 17.7 Å². The molecule has 0 spiro atoms. The standard InChI is InChI=1S/C27H21Cl2N5O3/c1-37-34-24-17(15-30-27(33-24)32-19-8-3-2-4-9-19)13-22(26(34)36)21-14-20(10-11-23(21)29)31-25(35)16-6-5-7-18(28)12-16/h2-15,24H,1H3,(H,31,35)(H2,30,32,33). The smallest absolute Gasteiger partial charge is 0.280 e. The van der Waals surface area contributed by atoms with Gasteiger partial charge in [-0.05, 0) is 54.6 Å². The second-order valence-corrected chi connectivity index (χ2v) is 9.02. The molecule has 1 atom stereocenters. The largest absolute Gasteiger partial charge is 0.330 e. The number of carbonyl (C=O) groups excluding carboxylic acids is 2. The highest BCUT2D eigenvalue weighted by atomic mass is 35.5. The van der Waals surface area contributed by atoms with Crippen LogP contribution in [-0.2, 0) is 9.63 Å². The number of rotatable bonds is 5. The van der Waals surface area contributed by atoms with Crippen LogP contribution in [0.1, 0.15) is 15.9 Å². The number of hydrogen-bond acceptors (Lipinski definition) is 6. The highest BCUT2D eigenvalue weighted by Gasteiger charge is 2.37. The first kappa shape index (κ1) is 24.6. The Morgan fingerprint density at radius 1 is 1.03 bits per heavy atom. The van der Waals surface area contributed by atoms with E-state index in [1.807, 2.05) is 30.3 Å². The predicted octanol–water partition coefficient (Wildman–Crippen LogP) is 5.31. The maximum atomic E-state index is 13.5. The Morgan fingerprint density at radius 2 is 1.84 bits per heavy atom. The van der Waals surface area contributed by atoms with Crippen LogP contribution in [0.4, 0.5) is 11.4 Å². The molecule has 3 aromatic carbocycles. The Balaban J connectivity index is 1.45. The number of halogens is 2. The molecular weight excluding hydrogens is 513 g/mol. The third kappa shape index (κ3) is 5.22. The van der Waals surface area contributed by atoms with E-state index in [4.69, 9.17) is 28.0 Å². The number of guanidine groups is 1. The van der Waals surface area contributed by atoms with Crippen molar-refractivity contribution < 1.29 is 14.4 Å². The van der Waals surface area contributed by atoms with Crippen molar-refractivity contribution in [1.29, 1.82) is 0 Å². The number of aliphatic imine (C=N–C) groups is 1. The third-order valence-electron chi connectivity index (χ3n) is 5.74. The van der Waals surface area contributed by atoms with E-state index in [2.05, 4.69) is 20.9 Å². The van der Waals surface area contributed by atoms with Crippen LogP contribution in [0, 0.1) is 0 Å². The molecule has 37 heavy (non-hydrogen) atoms. The average molecular weight is 534 g/mol. The zero-order valence-electron chi connectivity index (χ0n) is 19.5. The summed E-state index contributed by atoms with van der Waals surface area (Å²) in [6, 6.07) is 21.1. The van der Waals surface area contributed by atoms with Crippen molar-refractivity contribution in [1.82, 2.24) is 10.4 Å². The second-order valence-electron chi connectivity index (χ2n) is 8.18. The SMILES string of the molecule is CON1C(=O)C(c2cc(NC(=O)c3cccc(Cl)c3)ccc2Cl)=CC2=CN=C(Nc3ccccc3)NC21. The van der Waals surface area contributed by atoms with E-state index in [1.54, 1.807) is 54.7 Å². The van der Waals surface area contributed by atoms with Gasteiger partial charge in [0.15, 0.2) is 6.17 Å².